The Balaban J connectivity index is 2.67. The summed E-state index contributed by atoms with van der Waals surface area (Å²) < 4.78 is 0. The average molecular weight is 228 g/mol. The van der Waals surface area contributed by atoms with Gasteiger partial charge in [0.25, 0.3) is 0 Å². The Morgan fingerprint density at radius 1 is 1.27 bits per heavy atom. The molecule has 0 aliphatic rings. The number of nitrogens with two attached hydrogens (primary N) is 1. The molecule has 0 amide bonds. The average Bonchev–Trinajstić information content (AvgIpc) is 2.17. The van der Waals surface area contributed by atoms with Crippen LogP contribution in [-0.4, -0.2) is 11.2 Å². The van der Waals surface area contributed by atoms with Crippen molar-refractivity contribution < 1.29 is 5.11 Å². The molecule has 2 nitrogen and oxygen atoms in total. The summed E-state index contributed by atoms with van der Waals surface area (Å²) in [6, 6.07) is 6.97. The molecule has 0 radical (unpaired) electrons. The molecule has 1 aromatic carbocycles. The lowest BCUT2D eigenvalue weighted by Crippen LogP contribution is -2.27. The monoisotopic (exact) mass is 227 g/mol. The van der Waals surface area contributed by atoms with Crippen molar-refractivity contribution in [3.05, 3.63) is 34.9 Å². The van der Waals surface area contributed by atoms with Crippen LogP contribution < -0.4 is 5.73 Å². The standard InChI is InChI=1S/C12H18ClNO/c1-8(2)7-11(15)12(14)9-3-5-10(13)6-4-9/h3-6,8,11-12,15H,7,14H2,1-2H3/t11-,12+/m0/s1. The van der Waals surface area contributed by atoms with Crippen LogP contribution in [0.2, 0.25) is 5.02 Å². The molecule has 84 valence electrons. The van der Waals surface area contributed by atoms with Gasteiger partial charge in [-0.15, -0.1) is 0 Å². The third-order valence-electron chi connectivity index (χ3n) is 2.38. The maximum Gasteiger partial charge on any atom is 0.0735 e. The minimum atomic E-state index is -0.494. The third-order valence-corrected chi connectivity index (χ3v) is 2.63. The van der Waals surface area contributed by atoms with Crippen LogP contribution in [0.3, 0.4) is 0 Å². The van der Waals surface area contributed by atoms with E-state index >= 15 is 0 Å². The fourth-order valence-electron chi connectivity index (χ4n) is 1.54. The zero-order valence-corrected chi connectivity index (χ0v) is 9.91. The summed E-state index contributed by atoms with van der Waals surface area (Å²) in [4.78, 5) is 0. The maximum atomic E-state index is 9.85. The van der Waals surface area contributed by atoms with Gasteiger partial charge in [0.05, 0.1) is 12.1 Å². The fourth-order valence-corrected chi connectivity index (χ4v) is 1.66. The highest BCUT2D eigenvalue weighted by Crippen LogP contribution is 2.20. The van der Waals surface area contributed by atoms with Crippen LogP contribution in [0, 0.1) is 5.92 Å². The topological polar surface area (TPSA) is 46.2 Å². The summed E-state index contributed by atoms with van der Waals surface area (Å²) in [5.41, 5.74) is 6.87. The lowest BCUT2D eigenvalue weighted by molar-refractivity contribution is 0.121. The van der Waals surface area contributed by atoms with Crippen molar-refractivity contribution >= 4 is 11.6 Å². The molecule has 0 spiro atoms. The molecule has 0 aromatic heterocycles. The first kappa shape index (κ1) is 12.5. The molecule has 0 saturated heterocycles. The van der Waals surface area contributed by atoms with Crippen LogP contribution in [-0.2, 0) is 0 Å². The number of aliphatic hydroxyl groups is 1. The van der Waals surface area contributed by atoms with Gasteiger partial charge in [0, 0.05) is 5.02 Å². The second-order valence-electron chi connectivity index (χ2n) is 4.27. The number of hydrogen-bond donors (Lipinski definition) is 2. The quantitative estimate of drug-likeness (QED) is 0.831. The van der Waals surface area contributed by atoms with E-state index in [1.807, 2.05) is 12.1 Å². The van der Waals surface area contributed by atoms with Crippen molar-refractivity contribution in [3.63, 3.8) is 0 Å². The van der Waals surface area contributed by atoms with Crippen molar-refractivity contribution in [1.29, 1.82) is 0 Å². The first-order valence-corrected chi connectivity index (χ1v) is 5.57. The first-order valence-electron chi connectivity index (χ1n) is 5.20. The molecule has 0 saturated carbocycles. The second kappa shape index (κ2) is 5.50. The van der Waals surface area contributed by atoms with E-state index in [0.29, 0.717) is 17.4 Å². The summed E-state index contributed by atoms with van der Waals surface area (Å²) in [5.74, 6) is 0.443. The molecule has 3 heteroatoms. The number of benzene rings is 1. The minimum Gasteiger partial charge on any atom is -0.391 e. The second-order valence-corrected chi connectivity index (χ2v) is 4.71. The van der Waals surface area contributed by atoms with Gasteiger partial charge >= 0.3 is 0 Å². The summed E-state index contributed by atoms with van der Waals surface area (Å²) in [6.45, 7) is 4.13. The Bertz CT molecular complexity index is 297. The summed E-state index contributed by atoms with van der Waals surface area (Å²) in [7, 11) is 0. The largest absolute Gasteiger partial charge is 0.391 e. The maximum absolute atomic E-state index is 9.85. The smallest absolute Gasteiger partial charge is 0.0735 e. The normalized spacial score (nSPS) is 15.3. The number of rotatable bonds is 4. The highest BCUT2D eigenvalue weighted by atomic mass is 35.5. The van der Waals surface area contributed by atoms with E-state index in [1.54, 1.807) is 12.1 Å². The van der Waals surface area contributed by atoms with E-state index in [0.717, 1.165) is 5.56 Å². The molecule has 0 bridgehead atoms. The van der Waals surface area contributed by atoms with Gasteiger partial charge in [-0.25, -0.2) is 0 Å². The Morgan fingerprint density at radius 3 is 2.27 bits per heavy atom. The van der Waals surface area contributed by atoms with Crippen molar-refractivity contribution in [2.45, 2.75) is 32.4 Å². The zero-order chi connectivity index (χ0) is 11.4. The van der Waals surface area contributed by atoms with Gasteiger partial charge in [0.15, 0.2) is 0 Å². The molecule has 1 rings (SSSR count). The molecule has 15 heavy (non-hydrogen) atoms. The Morgan fingerprint density at radius 2 is 1.80 bits per heavy atom. The van der Waals surface area contributed by atoms with E-state index in [-0.39, 0.29) is 6.04 Å². The predicted molar refractivity (Wildman–Crippen MR) is 63.8 cm³/mol. The number of halogens is 1. The summed E-state index contributed by atoms with van der Waals surface area (Å²) in [5, 5.41) is 10.5. The summed E-state index contributed by atoms with van der Waals surface area (Å²) >= 11 is 5.78. The Labute approximate surface area is 96.1 Å². The van der Waals surface area contributed by atoms with Crippen LogP contribution in [0.1, 0.15) is 31.9 Å². The van der Waals surface area contributed by atoms with Crippen LogP contribution in [0.25, 0.3) is 0 Å². The van der Waals surface area contributed by atoms with Crippen molar-refractivity contribution in [1.82, 2.24) is 0 Å². The van der Waals surface area contributed by atoms with Crippen LogP contribution in [0.15, 0.2) is 24.3 Å². The fraction of sp³-hybridized carbons (Fsp3) is 0.500. The van der Waals surface area contributed by atoms with E-state index < -0.39 is 6.10 Å². The highest BCUT2D eigenvalue weighted by molar-refractivity contribution is 6.30. The molecule has 0 aliphatic heterocycles. The van der Waals surface area contributed by atoms with Gasteiger partial charge in [-0.2, -0.15) is 0 Å². The lowest BCUT2D eigenvalue weighted by Gasteiger charge is -2.20. The minimum absolute atomic E-state index is 0.329. The molecule has 1 aromatic rings. The molecule has 3 N–H and O–H groups in total. The molecule has 0 fully saturated rings. The van der Waals surface area contributed by atoms with Crippen molar-refractivity contribution in [2.24, 2.45) is 11.7 Å². The third kappa shape index (κ3) is 3.82. The van der Waals surface area contributed by atoms with Gasteiger partial charge in [-0.05, 0) is 30.0 Å². The van der Waals surface area contributed by atoms with Gasteiger partial charge in [-0.1, -0.05) is 37.6 Å². The van der Waals surface area contributed by atoms with Gasteiger partial charge in [0.2, 0.25) is 0 Å². The predicted octanol–water partition coefficient (Wildman–Crippen LogP) is 2.75. The Kier molecular flexibility index (Phi) is 4.58. The SMILES string of the molecule is CC(C)C[C@H](O)[C@H](N)c1ccc(Cl)cc1. The van der Waals surface area contributed by atoms with Crippen LogP contribution >= 0.6 is 11.6 Å². The Hall–Kier alpha value is -0.570. The van der Waals surface area contributed by atoms with E-state index in [2.05, 4.69) is 13.8 Å². The van der Waals surface area contributed by atoms with Gasteiger partial charge < -0.3 is 10.8 Å². The van der Waals surface area contributed by atoms with E-state index in [1.165, 1.54) is 0 Å². The zero-order valence-electron chi connectivity index (χ0n) is 9.15. The summed E-state index contributed by atoms with van der Waals surface area (Å²) in [6.07, 6.45) is 0.218. The lowest BCUT2D eigenvalue weighted by atomic mass is 9.95. The first-order chi connectivity index (χ1) is 7.00. The van der Waals surface area contributed by atoms with Crippen molar-refractivity contribution in [2.75, 3.05) is 0 Å². The van der Waals surface area contributed by atoms with E-state index in [9.17, 15) is 5.11 Å². The number of aliphatic hydroxyl groups excluding tert-OH is 1. The van der Waals surface area contributed by atoms with E-state index in [4.69, 9.17) is 17.3 Å². The molecular formula is C12H18ClNO. The van der Waals surface area contributed by atoms with Crippen LogP contribution in [0.4, 0.5) is 0 Å². The highest BCUT2D eigenvalue weighted by Gasteiger charge is 2.17. The molecule has 2 atom stereocenters. The van der Waals surface area contributed by atoms with Crippen molar-refractivity contribution in [3.8, 4) is 0 Å². The number of hydrogen-bond acceptors (Lipinski definition) is 2. The van der Waals surface area contributed by atoms with Crippen LogP contribution in [0.5, 0.6) is 0 Å². The molecular weight excluding hydrogens is 210 g/mol. The van der Waals surface area contributed by atoms with Gasteiger partial charge in [-0.3, -0.25) is 0 Å². The molecule has 0 aliphatic carbocycles. The molecule has 0 unspecified atom stereocenters. The van der Waals surface area contributed by atoms with Gasteiger partial charge in [0.1, 0.15) is 0 Å². The molecule has 0 heterocycles.